The van der Waals surface area contributed by atoms with Gasteiger partial charge in [0.15, 0.2) is 8.32 Å². The molecule has 0 aromatic rings. The molecule has 5 nitrogen and oxygen atoms in total. The van der Waals surface area contributed by atoms with E-state index in [0.717, 1.165) is 23.4 Å². The van der Waals surface area contributed by atoms with Crippen molar-refractivity contribution in [2.45, 2.75) is 32.5 Å². The lowest BCUT2D eigenvalue weighted by molar-refractivity contribution is 0.126. The normalized spacial score (nSPS) is 8.97. The van der Waals surface area contributed by atoms with Crippen LogP contribution in [0.1, 0.15) is 13.3 Å². The Hall–Kier alpha value is -3.47. The van der Waals surface area contributed by atoms with Gasteiger partial charge < -0.3 is 9.16 Å². The number of hydrogen-bond acceptors (Lipinski definition) is 4. The Bertz CT molecular complexity index is 1240. The lowest BCUT2D eigenvalue weighted by Gasteiger charge is -2.21. The Morgan fingerprint density at radius 2 is 1.30 bits per heavy atom. The maximum Gasteiger partial charge on any atom is 0.283 e. The summed E-state index contributed by atoms with van der Waals surface area (Å²) in [5, 5.41) is 2.13. The maximum absolute atomic E-state index is 12.1. The summed E-state index contributed by atoms with van der Waals surface area (Å²) in [6.45, 7) is 8.12. The van der Waals surface area contributed by atoms with Crippen LogP contribution in [0.3, 0.4) is 0 Å². The molecule has 0 aliphatic rings. The van der Waals surface area contributed by atoms with Crippen LogP contribution in [0, 0.1) is 94.6 Å². The predicted octanol–water partition coefficient (Wildman–Crippen LogP) is 1.51. The second-order valence-corrected chi connectivity index (χ2v) is 12.7. The van der Waals surface area contributed by atoms with Crippen LogP contribution in [0.15, 0.2) is 0 Å². The monoisotopic (exact) mass is 475 g/mol. The minimum absolute atomic E-state index is 0.202. The average molecular weight is 476 g/mol. The fourth-order valence-electron chi connectivity index (χ4n) is 2.03. The van der Waals surface area contributed by atoms with Crippen LogP contribution < -0.4 is 0 Å². The molecule has 0 unspecified atom stereocenters. The van der Waals surface area contributed by atoms with E-state index >= 15 is 0 Å². The Morgan fingerprint density at radius 1 is 0.818 bits per heavy atom. The zero-order valence-electron chi connectivity index (χ0n) is 19.3. The lowest BCUT2D eigenvalue weighted by Crippen LogP contribution is -2.31. The molecule has 0 heterocycles. The molecule has 0 bridgehead atoms. The Labute approximate surface area is 200 Å². The summed E-state index contributed by atoms with van der Waals surface area (Å²) in [4.78, 5) is 0. The molecular formula is C26H25NO4SSi. The van der Waals surface area contributed by atoms with Gasteiger partial charge in [0.2, 0.25) is 0 Å². The fraction of sp³-hybridized carbons (Fsp3) is 0.385. The largest absolute Gasteiger partial charge is 0.418 e. The first-order valence-electron chi connectivity index (χ1n) is 9.90. The molecule has 7 heteroatoms. The first-order chi connectivity index (χ1) is 15.7. The van der Waals surface area contributed by atoms with Crippen LogP contribution in [0.25, 0.3) is 0 Å². The average Bonchev–Trinajstić information content (AvgIpc) is 2.76. The van der Waals surface area contributed by atoms with Gasteiger partial charge in [0.05, 0.1) is 11.9 Å². The smallest absolute Gasteiger partial charge is 0.283 e. The van der Waals surface area contributed by atoms with E-state index in [9.17, 15) is 8.42 Å². The number of hydrogen-bond donors (Lipinski definition) is 0. The highest BCUT2D eigenvalue weighted by atomic mass is 32.2. The summed E-state index contributed by atoms with van der Waals surface area (Å²) in [6.07, 6.45) is 5.82. The van der Waals surface area contributed by atoms with Gasteiger partial charge in [0.25, 0.3) is 10.0 Å². The number of ether oxygens (including phenoxy) is 1. The van der Waals surface area contributed by atoms with Gasteiger partial charge in [-0.05, 0) is 104 Å². The van der Waals surface area contributed by atoms with Gasteiger partial charge in [0.1, 0.15) is 0 Å². The van der Waals surface area contributed by atoms with E-state index in [1.54, 1.807) is 0 Å². The first kappa shape index (κ1) is 29.5. The predicted molar refractivity (Wildman–Crippen MR) is 134 cm³/mol. The van der Waals surface area contributed by atoms with E-state index in [1.165, 1.54) is 7.05 Å². The van der Waals surface area contributed by atoms with Crippen LogP contribution in [0.2, 0.25) is 19.1 Å². The fourth-order valence-corrected chi connectivity index (χ4v) is 4.60. The quantitative estimate of drug-likeness (QED) is 0.273. The Kier molecular flexibility index (Phi) is 16.2. The van der Waals surface area contributed by atoms with Crippen molar-refractivity contribution in [2.75, 3.05) is 33.4 Å². The number of nitrogens with zero attached hydrogens (tertiary/aromatic N) is 1. The highest BCUT2D eigenvalue weighted by molar-refractivity contribution is 7.93. The first-order valence-corrected chi connectivity index (χ1v) is 14.5. The van der Waals surface area contributed by atoms with E-state index < -0.39 is 18.3 Å². The lowest BCUT2D eigenvalue weighted by atomic mass is 10.5. The Balaban J connectivity index is 4.42. The highest BCUT2D eigenvalue weighted by Crippen LogP contribution is 2.13. The van der Waals surface area contributed by atoms with Crippen LogP contribution in [-0.2, 0) is 19.2 Å². The minimum atomic E-state index is -3.75. The summed E-state index contributed by atoms with van der Waals surface area (Å²) in [5.41, 5.74) is 0. The van der Waals surface area contributed by atoms with E-state index in [4.69, 9.17) is 15.6 Å². The zero-order valence-corrected chi connectivity index (χ0v) is 21.1. The summed E-state index contributed by atoms with van der Waals surface area (Å²) in [6, 6.07) is 0.999. The third-order valence-electron chi connectivity index (χ3n) is 3.57. The van der Waals surface area contributed by atoms with Crippen LogP contribution in [0.5, 0.6) is 0 Å². The summed E-state index contributed by atoms with van der Waals surface area (Å²) < 4.78 is 36.6. The molecule has 0 radical (unpaired) electrons. The summed E-state index contributed by atoms with van der Waals surface area (Å²) in [7, 11) is -3.92. The van der Waals surface area contributed by atoms with Gasteiger partial charge in [-0.3, -0.25) is 0 Å². The van der Waals surface area contributed by atoms with Crippen molar-refractivity contribution in [1.29, 1.82) is 0 Å². The molecule has 0 N–H and O–H groups in total. The van der Waals surface area contributed by atoms with E-state index in [1.807, 2.05) is 6.92 Å². The topological polar surface area (TPSA) is 55.8 Å². The molecule has 0 saturated heterocycles. The van der Waals surface area contributed by atoms with Gasteiger partial charge >= 0.3 is 0 Å². The molecule has 0 aromatic carbocycles. The van der Waals surface area contributed by atoms with Crippen LogP contribution in [0.4, 0.5) is 0 Å². The van der Waals surface area contributed by atoms with Crippen molar-refractivity contribution in [1.82, 2.24) is 4.31 Å². The molecule has 0 aliphatic carbocycles. The third-order valence-corrected chi connectivity index (χ3v) is 7.56. The number of rotatable bonds is 10. The second-order valence-electron chi connectivity index (χ2n) is 6.61. The summed E-state index contributed by atoms with van der Waals surface area (Å²) >= 11 is 0. The molecule has 0 aromatic heterocycles. The SMILES string of the molecule is C#CC#CC#CC#CC#CC#CC#CC#CS(=O)(=O)N(C)CCOCCC[Si](C)(C)OCC. The number of terminal acetylenes is 1. The molecule has 0 fully saturated rings. The van der Waals surface area contributed by atoms with Crippen LogP contribution in [-0.4, -0.2) is 54.5 Å². The van der Waals surface area contributed by atoms with E-state index in [2.05, 4.69) is 101 Å². The zero-order chi connectivity index (χ0) is 24.8. The van der Waals surface area contributed by atoms with Crippen molar-refractivity contribution in [2.24, 2.45) is 0 Å². The summed E-state index contributed by atoms with van der Waals surface area (Å²) in [5.74, 6) is 33.4. The molecule has 0 rings (SSSR count). The molecular weight excluding hydrogens is 450 g/mol. The van der Waals surface area contributed by atoms with Crippen molar-refractivity contribution < 1.29 is 17.6 Å². The molecule has 33 heavy (non-hydrogen) atoms. The highest BCUT2D eigenvalue weighted by Gasteiger charge is 2.20. The van der Waals surface area contributed by atoms with Gasteiger partial charge in [-0.2, -0.15) is 12.7 Å². The number of sulfonamides is 1. The van der Waals surface area contributed by atoms with Crippen molar-refractivity contribution in [3.05, 3.63) is 0 Å². The van der Waals surface area contributed by atoms with Gasteiger partial charge in [-0.15, -0.1) is 6.42 Å². The molecule has 0 spiro atoms. The van der Waals surface area contributed by atoms with Crippen molar-refractivity contribution >= 4 is 18.3 Å². The van der Waals surface area contributed by atoms with Gasteiger partial charge in [-0.25, -0.2) is 0 Å². The second kappa shape index (κ2) is 18.1. The van der Waals surface area contributed by atoms with Gasteiger partial charge in [-0.1, -0.05) is 0 Å². The van der Waals surface area contributed by atoms with Crippen molar-refractivity contribution in [3.8, 4) is 94.6 Å². The van der Waals surface area contributed by atoms with Crippen molar-refractivity contribution in [3.63, 3.8) is 0 Å². The molecule has 168 valence electrons. The van der Waals surface area contributed by atoms with Crippen LogP contribution >= 0.6 is 0 Å². The van der Waals surface area contributed by atoms with Gasteiger partial charge in [0, 0.05) is 38.6 Å². The molecule has 0 atom stereocenters. The molecule has 0 amide bonds. The molecule has 0 aliphatic heterocycles. The minimum Gasteiger partial charge on any atom is -0.418 e. The third kappa shape index (κ3) is 17.9. The Morgan fingerprint density at radius 3 is 1.79 bits per heavy atom. The maximum atomic E-state index is 12.1. The van der Waals surface area contributed by atoms with E-state index in [-0.39, 0.29) is 13.2 Å². The number of likely N-dealkylation sites (N-methyl/N-ethyl adjacent to an activating group) is 1. The molecule has 0 saturated carbocycles. The van der Waals surface area contributed by atoms with E-state index in [0.29, 0.717) is 6.61 Å². The standard InChI is InChI=1S/C26H25NO4SSi/c1-6-8-9-10-11-12-13-14-15-16-17-18-19-20-25-32(28,29)27(3)22-24-30-23-21-26-33(4,5)31-7-2/h1H,7,21-24,26H2,2-5H3.